The summed E-state index contributed by atoms with van der Waals surface area (Å²) >= 11 is 5.84. The quantitative estimate of drug-likeness (QED) is 0.754. The van der Waals surface area contributed by atoms with Crippen molar-refractivity contribution in [2.24, 2.45) is 0 Å². The summed E-state index contributed by atoms with van der Waals surface area (Å²) in [5.41, 5.74) is -0.520. The van der Waals surface area contributed by atoms with Gasteiger partial charge in [0.15, 0.2) is 0 Å². The summed E-state index contributed by atoms with van der Waals surface area (Å²) in [6.45, 7) is 7.71. The first-order chi connectivity index (χ1) is 8.71. The maximum atomic E-state index is 14.1. The first-order valence-corrected chi connectivity index (χ1v) is 6.58. The Kier molecular flexibility index (Phi) is 3.78. The highest BCUT2D eigenvalue weighted by Crippen LogP contribution is 2.37. The maximum Gasteiger partial charge on any atom is 0.490 e. The van der Waals surface area contributed by atoms with E-state index < -0.39 is 24.1 Å². The van der Waals surface area contributed by atoms with Crippen molar-refractivity contribution in [3.8, 4) is 0 Å². The topological polar surface area (TPSA) is 18.5 Å². The van der Waals surface area contributed by atoms with Gasteiger partial charge in [-0.1, -0.05) is 23.7 Å². The van der Waals surface area contributed by atoms with E-state index in [4.69, 9.17) is 20.9 Å². The second-order valence-electron chi connectivity index (χ2n) is 5.65. The molecule has 1 aliphatic heterocycles. The molecule has 0 N–H and O–H groups in total. The van der Waals surface area contributed by atoms with Gasteiger partial charge < -0.3 is 9.31 Å². The molecule has 1 fully saturated rings. The molecule has 2 nitrogen and oxygen atoms in total. The van der Waals surface area contributed by atoms with Crippen molar-refractivity contribution in [1.29, 1.82) is 0 Å². The van der Waals surface area contributed by atoms with Crippen molar-refractivity contribution in [2.45, 2.75) is 38.9 Å². The molecule has 1 aromatic rings. The zero-order valence-electron chi connectivity index (χ0n) is 11.5. The van der Waals surface area contributed by atoms with E-state index in [-0.39, 0.29) is 0 Å². The summed E-state index contributed by atoms with van der Waals surface area (Å²) in [4.78, 5) is 0. The van der Waals surface area contributed by atoms with Gasteiger partial charge in [-0.05, 0) is 45.8 Å². The Morgan fingerprint density at radius 2 is 1.79 bits per heavy atom. The zero-order valence-corrected chi connectivity index (χ0v) is 12.3. The molecular weight excluding hydrogens is 265 g/mol. The van der Waals surface area contributed by atoms with Crippen molar-refractivity contribution < 1.29 is 13.7 Å². The fourth-order valence-corrected chi connectivity index (χ4v) is 2.00. The summed E-state index contributed by atoms with van der Waals surface area (Å²) in [6, 6.07) is 6.63. The normalized spacial score (nSPS) is 21.8. The van der Waals surface area contributed by atoms with Crippen LogP contribution in [0.15, 0.2) is 30.2 Å². The smallest absolute Gasteiger partial charge is 0.400 e. The molecule has 102 valence electrons. The van der Waals surface area contributed by atoms with Crippen molar-refractivity contribution in [3.05, 3.63) is 40.8 Å². The van der Waals surface area contributed by atoms with Crippen LogP contribution in [-0.2, 0) is 9.31 Å². The fraction of sp³-hybridized carbons (Fsp3) is 0.429. The van der Waals surface area contributed by atoms with Crippen LogP contribution in [-0.4, -0.2) is 18.3 Å². The molecule has 1 saturated heterocycles. The molecule has 0 atom stereocenters. The largest absolute Gasteiger partial charge is 0.490 e. The van der Waals surface area contributed by atoms with E-state index in [0.29, 0.717) is 10.6 Å². The first-order valence-electron chi connectivity index (χ1n) is 6.20. The van der Waals surface area contributed by atoms with Crippen molar-refractivity contribution >= 4 is 24.5 Å². The van der Waals surface area contributed by atoms with Crippen molar-refractivity contribution in [2.75, 3.05) is 0 Å². The van der Waals surface area contributed by atoms with Gasteiger partial charge in [0.05, 0.1) is 11.2 Å². The Bertz CT molecular complexity index is 498. The molecule has 0 amide bonds. The van der Waals surface area contributed by atoms with E-state index in [1.807, 2.05) is 27.7 Å². The molecule has 0 unspecified atom stereocenters. The minimum absolute atomic E-state index is 0.402. The Morgan fingerprint density at radius 1 is 1.21 bits per heavy atom. The molecule has 2 rings (SSSR count). The van der Waals surface area contributed by atoms with E-state index in [1.54, 1.807) is 24.3 Å². The lowest BCUT2D eigenvalue weighted by Crippen LogP contribution is -2.41. The number of benzene rings is 1. The van der Waals surface area contributed by atoms with Gasteiger partial charge in [-0.15, -0.1) is 0 Å². The van der Waals surface area contributed by atoms with Gasteiger partial charge in [0, 0.05) is 10.6 Å². The molecule has 0 radical (unpaired) electrons. The Labute approximate surface area is 118 Å². The van der Waals surface area contributed by atoms with E-state index >= 15 is 0 Å². The van der Waals surface area contributed by atoms with Gasteiger partial charge in [-0.25, -0.2) is 4.39 Å². The minimum Gasteiger partial charge on any atom is -0.400 e. The molecule has 0 aliphatic carbocycles. The fourth-order valence-electron chi connectivity index (χ4n) is 1.81. The van der Waals surface area contributed by atoms with Crippen LogP contribution in [0.3, 0.4) is 0 Å². The summed E-state index contributed by atoms with van der Waals surface area (Å²) in [5, 5.41) is 0.495. The molecule has 0 aromatic heterocycles. The van der Waals surface area contributed by atoms with Gasteiger partial charge in [-0.2, -0.15) is 0 Å². The second kappa shape index (κ2) is 4.93. The van der Waals surface area contributed by atoms with Crippen LogP contribution in [0, 0.1) is 0 Å². The summed E-state index contributed by atoms with van der Waals surface area (Å²) in [6.07, 6.45) is 0. The average Bonchev–Trinajstić information content (AvgIpc) is 2.46. The molecule has 1 heterocycles. The van der Waals surface area contributed by atoms with Gasteiger partial charge in [0.2, 0.25) is 0 Å². The monoisotopic (exact) mass is 282 g/mol. The van der Waals surface area contributed by atoms with Crippen LogP contribution >= 0.6 is 11.6 Å². The third kappa shape index (κ3) is 3.02. The van der Waals surface area contributed by atoms with Crippen LogP contribution in [0.1, 0.15) is 33.3 Å². The maximum absolute atomic E-state index is 14.1. The van der Waals surface area contributed by atoms with E-state index in [1.165, 1.54) is 5.98 Å². The molecule has 1 aromatic carbocycles. The van der Waals surface area contributed by atoms with Gasteiger partial charge >= 0.3 is 7.12 Å². The van der Waals surface area contributed by atoms with Crippen LogP contribution in [0.5, 0.6) is 0 Å². The van der Waals surface area contributed by atoms with Crippen LogP contribution in [0.2, 0.25) is 5.02 Å². The van der Waals surface area contributed by atoms with E-state index in [9.17, 15) is 4.39 Å². The number of rotatable bonds is 2. The summed E-state index contributed by atoms with van der Waals surface area (Å²) in [7, 11) is -0.691. The van der Waals surface area contributed by atoms with Crippen LogP contribution in [0.4, 0.5) is 4.39 Å². The van der Waals surface area contributed by atoms with E-state index in [2.05, 4.69) is 0 Å². The summed E-state index contributed by atoms with van der Waals surface area (Å²) < 4.78 is 25.5. The van der Waals surface area contributed by atoms with Crippen molar-refractivity contribution in [3.63, 3.8) is 0 Å². The molecular formula is C14H17BClFO2. The lowest BCUT2D eigenvalue weighted by Gasteiger charge is -2.32. The standard InChI is InChI=1S/C14H17BClFO2/c1-13(2)14(3,4)19-15(18-13)9-12(17)10-6-5-7-11(16)8-10/h5-9H,1-4H3/b12-9-. The predicted octanol–water partition coefficient (Wildman–Crippen LogP) is 4.28. The SMILES string of the molecule is CC1(C)OB(/C=C(\F)c2cccc(Cl)c2)OC1(C)C. The molecule has 0 spiro atoms. The molecule has 0 bridgehead atoms. The zero-order chi connectivity index (χ0) is 14.3. The number of halogens is 2. The van der Waals surface area contributed by atoms with Crippen LogP contribution in [0.25, 0.3) is 5.83 Å². The minimum atomic E-state index is -0.691. The third-order valence-corrected chi connectivity index (χ3v) is 3.89. The van der Waals surface area contributed by atoms with Gasteiger partial charge in [0.1, 0.15) is 5.83 Å². The van der Waals surface area contributed by atoms with Gasteiger partial charge in [-0.3, -0.25) is 0 Å². The number of hydrogen-bond donors (Lipinski definition) is 0. The highest BCUT2D eigenvalue weighted by molar-refractivity contribution is 6.53. The summed E-state index contributed by atoms with van der Waals surface area (Å²) in [5.74, 6) is 0.934. The Balaban J connectivity index is 2.20. The first kappa shape index (κ1) is 14.6. The molecule has 19 heavy (non-hydrogen) atoms. The molecule has 5 heteroatoms. The average molecular weight is 283 g/mol. The molecule has 0 saturated carbocycles. The Hall–Kier alpha value is -0.835. The number of hydrogen-bond acceptors (Lipinski definition) is 2. The highest BCUT2D eigenvalue weighted by atomic mass is 35.5. The predicted molar refractivity (Wildman–Crippen MR) is 76.6 cm³/mol. The van der Waals surface area contributed by atoms with Crippen molar-refractivity contribution in [1.82, 2.24) is 0 Å². The molecule has 1 aliphatic rings. The highest BCUT2D eigenvalue weighted by Gasteiger charge is 2.50. The third-order valence-electron chi connectivity index (χ3n) is 3.65. The van der Waals surface area contributed by atoms with Crippen LogP contribution < -0.4 is 0 Å². The lowest BCUT2D eigenvalue weighted by atomic mass is 9.88. The second-order valence-corrected chi connectivity index (χ2v) is 6.09. The van der Waals surface area contributed by atoms with Gasteiger partial charge in [0.25, 0.3) is 0 Å². The lowest BCUT2D eigenvalue weighted by molar-refractivity contribution is 0.00578. The van der Waals surface area contributed by atoms with E-state index in [0.717, 1.165) is 0 Å². The Morgan fingerprint density at radius 3 is 2.32 bits per heavy atom.